The average Bonchev–Trinajstić information content (AvgIpc) is 2.31. The van der Waals surface area contributed by atoms with Crippen LogP contribution in [-0.2, 0) is 9.59 Å². The summed E-state index contributed by atoms with van der Waals surface area (Å²) in [5, 5.41) is 9.66. The summed E-state index contributed by atoms with van der Waals surface area (Å²) in [6, 6.07) is 5.04. The summed E-state index contributed by atoms with van der Waals surface area (Å²) in [4.78, 5) is 23.9. The molecule has 0 aromatic heterocycles. The number of carboxylic acids is 1. The zero-order chi connectivity index (χ0) is 14.7. The summed E-state index contributed by atoms with van der Waals surface area (Å²) in [6.45, 7) is 0.980. The molecule has 0 saturated carbocycles. The van der Waals surface area contributed by atoms with Gasteiger partial charge in [0.2, 0.25) is 5.91 Å². The minimum atomic E-state index is -0.828. The van der Waals surface area contributed by atoms with E-state index in [1.54, 1.807) is 29.2 Å². The zero-order valence-corrected chi connectivity index (χ0v) is 12.1. The second-order valence-corrected chi connectivity index (χ2v) is 5.55. The van der Waals surface area contributed by atoms with Crippen LogP contribution in [-0.4, -0.2) is 35.0 Å². The Hall–Kier alpha value is -1.52. The molecule has 0 spiro atoms. The quantitative estimate of drug-likeness (QED) is 0.869. The predicted octanol–water partition coefficient (Wildman–Crippen LogP) is 2.94. The molecule has 1 fully saturated rings. The van der Waals surface area contributed by atoms with E-state index in [1.165, 1.54) is 6.08 Å². The van der Waals surface area contributed by atoms with Crippen molar-refractivity contribution in [3.8, 4) is 0 Å². The minimum Gasteiger partial charge on any atom is -0.481 e. The van der Waals surface area contributed by atoms with Crippen molar-refractivity contribution in [2.45, 2.75) is 6.42 Å². The van der Waals surface area contributed by atoms with Gasteiger partial charge in [0, 0.05) is 35.1 Å². The molecule has 0 atom stereocenters. The molecule has 1 amide bonds. The first-order valence-corrected chi connectivity index (χ1v) is 6.85. The topological polar surface area (TPSA) is 57.6 Å². The number of aliphatic carboxylic acids is 1. The Bertz CT molecular complexity index is 566. The molecule has 20 heavy (non-hydrogen) atoms. The number of carboxylic acid groups (broad SMARTS) is 1. The van der Waals surface area contributed by atoms with Crippen molar-refractivity contribution in [2.75, 3.05) is 13.1 Å². The van der Waals surface area contributed by atoms with Crippen molar-refractivity contribution in [3.63, 3.8) is 0 Å². The summed E-state index contributed by atoms with van der Waals surface area (Å²) in [6.07, 6.45) is 3.17. The fraction of sp³-hybridized carbons (Fsp3) is 0.286. The summed E-state index contributed by atoms with van der Waals surface area (Å²) in [5.74, 6) is -0.910. The fourth-order valence-electron chi connectivity index (χ4n) is 2.03. The average molecular weight is 314 g/mol. The van der Waals surface area contributed by atoms with Crippen LogP contribution in [0.4, 0.5) is 0 Å². The molecular formula is C14H13Cl2NO3. The molecule has 0 bridgehead atoms. The number of benzene rings is 1. The number of amides is 1. The van der Waals surface area contributed by atoms with Crippen molar-refractivity contribution in [1.82, 2.24) is 4.90 Å². The number of hydrogen-bond donors (Lipinski definition) is 1. The smallest absolute Gasteiger partial charge is 0.303 e. The van der Waals surface area contributed by atoms with Gasteiger partial charge in [0.15, 0.2) is 0 Å². The van der Waals surface area contributed by atoms with E-state index >= 15 is 0 Å². The molecule has 0 radical (unpaired) electrons. The number of carbonyl (C=O) groups excluding carboxylic acids is 1. The van der Waals surface area contributed by atoms with Crippen molar-refractivity contribution in [3.05, 3.63) is 39.9 Å². The second-order valence-electron chi connectivity index (χ2n) is 4.71. The molecule has 2 rings (SSSR count). The van der Waals surface area contributed by atoms with Crippen LogP contribution in [0.5, 0.6) is 0 Å². The lowest BCUT2D eigenvalue weighted by molar-refractivity contribution is -0.143. The minimum absolute atomic E-state index is 0.0592. The van der Waals surface area contributed by atoms with E-state index in [4.69, 9.17) is 28.3 Å². The van der Waals surface area contributed by atoms with Gasteiger partial charge in [0.05, 0.1) is 6.42 Å². The van der Waals surface area contributed by atoms with Gasteiger partial charge in [-0.3, -0.25) is 9.59 Å². The van der Waals surface area contributed by atoms with Gasteiger partial charge < -0.3 is 10.0 Å². The standard InChI is InChI=1S/C14H13Cl2NO3/c15-11-3-1-10(12(16)6-11)2-4-13(18)17-7-9(8-17)5-14(19)20/h1-4,6,9H,5,7-8H2,(H,19,20). The maximum absolute atomic E-state index is 11.8. The molecule has 4 nitrogen and oxygen atoms in total. The highest BCUT2D eigenvalue weighted by molar-refractivity contribution is 6.35. The maximum Gasteiger partial charge on any atom is 0.303 e. The molecule has 1 aliphatic rings. The third-order valence-electron chi connectivity index (χ3n) is 3.10. The number of carbonyl (C=O) groups is 2. The van der Waals surface area contributed by atoms with E-state index in [2.05, 4.69) is 0 Å². The van der Waals surface area contributed by atoms with Gasteiger partial charge in [-0.15, -0.1) is 0 Å². The molecule has 106 valence electrons. The van der Waals surface area contributed by atoms with E-state index in [1.807, 2.05) is 0 Å². The van der Waals surface area contributed by atoms with Crippen LogP contribution >= 0.6 is 23.2 Å². The van der Waals surface area contributed by atoms with E-state index < -0.39 is 5.97 Å². The number of rotatable bonds is 4. The van der Waals surface area contributed by atoms with Crippen LogP contribution in [0.25, 0.3) is 6.08 Å². The summed E-state index contributed by atoms with van der Waals surface area (Å²) in [7, 11) is 0. The first-order valence-electron chi connectivity index (χ1n) is 6.09. The van der Waals surface area contributed by atoms with Crippen LogP contribution < -0.4 is 0 Å². The van der Waals surface area contributed by atoms with Gasteiger partial charge in [0.25, 0.3) is 0 Å². The Balaban J connectivity index is 1.89. The first-order chi connectivity index (χ1) is 9.45. The molecule has 1 aliphatic heterocycles. The number of hydrogen-bond acceptors (Lipinski definition) is 2. The van der Waals surface area contributed by atoms with Gasteiger partial charge in [-0.1, -0.05) is 29.3 Å². The summed E-state index contributed by atoms with van der Waals surface area (Å²) < 4.78 is 0. The maximum atomic E-state index is 11.8. The van der Waals surface area contributed by atoms with Crippen LogP contribution in [0.3, 0.4) is 0 Å². The van der Waals surface area contributed by atoms with E-state index in [9.17, 15) is 9.59 Å². The van der Waals surface area contributed by atoms with Gasteiger partial charge in [0.1, 0.15) is 0 Å². The Morgan fingerprint density at radius 1 is 1.35 bits per heavy atom. The summed E-state index contributed by atoms with van der Waals surface area (Å²) >= 11 is 11.8. The highest BCUT2D eigenvalue weighted by Crippen LogP contribution is 2.23. The van der Waals surface area contributed by atoms with Crippen LogP contribution in [0.1, 0.15) is 12.0 Å². The zero-order valence-electron chi connectivity index (χ0n) is 10.6. The Morgan fingerprint density at radius 2 is 2.05 bits per heavy atom. The van der Waals surface area contributed by atoms with Gasteiger partial charge in [-0.2, -0.15) is 0 Å². The molecule has 1 saturated heterocycles. The SMILES string of the molecule is O=C(O)CC1CN(C(=O)C=Cc2ccc(Cl)cc2Cl)C1. The normalized spacial score (nSPS) is 15.4. The Kier molecular flexibility index (Phi) is 4.68. The first kappa shape index (κ1) is 14.9. The van der Waals surface area contributed by atoms with Crippen molar-refractivity contribution in [1.29, 1.82) is 0 Å². The van der Waals surface area contributed by atoms with Crippen molar-refractivity contribution in [2.24, 2.45) is 5.92 Å². The second kappa shape index (κ2) is 6.29. The predicted molar refractivity (Wildman–Crippen MR) is 77.8 cm³/mol. The van der Waals surface area contributed by atoms with Gasteiger partial charge in [-0.25, -0.2) is 0 Å². The molecule has 1 N–H and O–H groups in total. The molecule has 0 unspecified atom stereocenters. The van der Waals surface area contributed by atoms with E-state index in [-0.39, 0.29) is 18.2 Å². The molecule has 1 heterocycles. The largest absolute Gasteiger partial charge is 0.481 e. The third kappa shape index (κ3) is 3.74. The molecule has 1 aromatic carbocycles. The third-order valence-corrected chi connectivity index (χ3v) is 3.66. The highest BCUT2D eigenvalue weighted by atomic mass is 35.5. The lowest BCUT2D eigenvalue weighted by Gasteiger charge is -2.37. The monoisotopic (exact) mass is 313 g/mol. The molecule has 0 aliphatic carbocycles. The number of halogens is 2. The Labute approximate surface area is 126 Å². The van der Waals surface area contributed by atoms with Gasteiger partial charge >= 0.3 is 5.97 Å². The highest BCUT2D eigenvalue weighted by Gasteiger charge is 2.30. The fourth-order valence-corrected chi connectivity index (χ4v) is 2.50. The molecule has 1 aromatic rings. The van der Waals surface area contributed by atoms with Crippen LogP contribution in [0.15, 0.2) is 24.3 Å². The van der Waals surface area contributed by atoms with E-state index in [0.29, 0.717) is 28.7 Å². The van der Waals surface area contributed by atoms with Gasteiger partial charge in [-0.05, 0) is 23.8 Å². The van der Waals surface area contributed by atoms with Crippen LogP contribution in [0.2, 0.25) is 10.0 Å². The van der Waals surface area contributed by atoms with Crippen molar-refractivity contribution >= 4 is 41.2 Å². The van der Waals surface area contributed by atoms with E-state index in [0.717, 1.165) is 0 Å². The number of likely N-dealkylation sites (tertiary alicyclic amines) is 1. The van der Waals surface area contributed by atoms with Crippen LogP contribution in [0, 0.1) is 5.92 Å². The lowest BCUT2D eigenvalue weighted by atomic mass is 9.96. The van der Waals surface area contributed by atoms with Crippen molar-refractivity contribution < 1.29 is 14.7 Å². The molecular weight excluding hydrogens is 301 g/mol. The Morgan fingerprint density at radius 3 is 2.65 bits per heavy atom. The molecule has 6 heteroatoms. The summed E-state index contributed by atoms with van der Waals surface area (Å²) in [5.41, 5.74) is 0.715. The number of nitrogens with zero attached hydrogens (tertiary/aromatic N) is 1. The lowest BCUT2D eigenvalue weighted by Crippen LogP contribution is -2.49.